The molecular formula is C7H7BN2O. The smallest absolute Gasteiger partial charge is 0.313 e. The molecule has 0 fully saturated rings. The second-order valence-electron chi connectivity index (χ2n) is 2.51. The van der Waals surface area contributed by atoms with E-state index in [2.05, 4.69) is 4.98 Å². The van der Waals surface area contributed by atoms with Gasteiger partial charge in [0, 0.05) is 0 Å². The van der Waals surface area contributed by atoms with E-state index in [1.165, 1.54) is 0 Å². The van der Waals surface area contributed by atoms with Gasteiger partial charge in [0.15, 0.2) is 0 Å². The van der Waals surface area contributed by atoms with E-state index in [0.717, 1.165) is 11.0 Å². The van der Waals surface area contributed by atoms with Gasteiger partial charge in [-0.2, -0.15) is 0 Å². The van der Waals surface area contributed by atoms with Crippen LogP contribution in [0.5, 0.6) is 0 Å². The Balaban J connectivity index is 3.04. The highest BCUT2D eigenvalue weighted by molar-refractivity contribution is 6.10. The SMILES string of the molecule is Bn1c(=O)[nH]c2ccccc21. The van der Waals surface area contributed by atoms with Crippen LogP contribution in [-0.2, 0) is 0 Å². The molecule has 0 radical (unpaired) electrons. The van der Waals surface area contributed by atoms with Gasteiger partial charge >= 0.3 is 5.69 Å². The van der Waals surface area contributed by atoms with Crippen LogP contribution in [0.25, 0.3) is 11.0 Å². The summed E-state index contributed by atoms with van der Waals surface area (Å²) in [6.07, 6.45) is 0. The zero-order valence-corrected chi connectivity index (χ0v) is 6.16. The van der Waals surface area contributed by atoms with Crippen molar-refractivity contribution in [3.8, 4) is 0 Å². The summed E-state index contributed by atoms with van der Waals surface area (Å²) >= 11 is 0. The summed E-state index contributed by atoms with van der Waals surface area (Å²) in [4.78, 5) is 13.8. The molecule has 0 atom stereocenters. The van der Waals surface area contributed by atoms with Crippen LogP contribution in [0.2, 0.25) is 0 Å². The molecule has 1 heterocycles. The van der Waals surface area contributed by atoms with Crippen molar-refractivity contribution in [1.29, 1.82) is 0 Å². The molecule has 1 aromatic heterocycles. The number of rotatable bonds is 0. The molecule has 4 heteroatoms. The lowest BCUT2D eigenvalue weighted by molar-refractivity contribution is 1.13. The quantitative estimate of drug-likeness (QED) is 0.510. The largest absolute Gasteiger partial charge is 0.345 e. The molecule has 0 aliphatic heterocycles. The maximum absolute atomic E-state index is 11.0. The van der Waals surface area contributed by atoms with Crippen LogP contribution < -0.4 is 5.69 Å². The Labute approximate surface area is 64.1 Å². The van der Waals surface area contributed by atoms with Gasteiger partial charge in [0.1, 0.15) is 0 Å². The predicted molar refractivity (Wildman–Crippen MR) is 46.5 cm³/mol. The number of hydrogen-bond acceptors (Lipinski definition) is 1. The minimum atomic E-state index is -0.0637. The molecule has 0 aliphatic carbocycles. The van der Waals surface area contributed by atoms with Gasteiger partial charge in [0.2, 0.25) is 7.98 Å². The lowest BCUT2D eigenvalue weighted by atomic mass is 10.3. The van der Waals surface area contributed by atoms with E-state index in [9.17, 15) is 4.79 Å². The number of nitrogens with one attached hydrogen (secondary N) is 1. The molecule has 2 aromatic rings. The zero-order valence-electron chi connectivity index (χ0n) is 6.16. The maximum Gasteiger partial charge on any atom is 0.313 e. The van der Waals surface area contributed by atoms with Gasteiger partial charge in [0.25, 0.3) is 0 Å². The number of hydrogen-bond donors (Lipinski definition) is 1. The van der Waals surface area contributed by atoms with Crippen LogP contribution in [0, 0.1) is 0 Å². The molecule has 0 saturated heterocycles. The van der Waals surface area contributed by atoms with Gasteiger partial charge in [-0.1, -0.05) is 12.1 Å². The van der Waals surface area contributed by atoms with Crippen molar-refractivity contribution in [2.45, 2.75) is 0 Å². The van der Waals surface area contributed by atoms with Gasteiger partial charge < -0.3 is 9.46 Å². The third-order valence-corrected chi connectivity index (χ3v) is 1.81. The van der Waals surface area contributed by atoms with Crippen LogP contribution in [0.4, 0.5) is 0 Å². The number of benzene rings is 1. The summed E-state index contributed by atoms with van der Waals surface area (Å²) in [7, 11) is 1.75. The standard InChI is InChI=1S/C7H7BN2O/c8-10-6-4-2-1-3-5(6)9-7(10)11/h1-4H,8H2,(H,9,11). The Morgan fingerprint density at radius 2 is 2.09 bits per heavy atom. The third-order valence-electron chi connectivity index (χ3n) is 1.81. The van der Waals surface area contributed by atoms with Gasteiger partial charge in [-0.05, 0) is 12.1 Å². The zero-order chi connectivity index (χ0) is 7.84. The molecule has 3 nitrogen and oxygen atoms in total. The molecule has 0 unspecified atom stereocenters. The fraction of sp³-hybridized carbons (Fsp3) is 0. The lowest BCUT2D eigenvalue weighted by Gasteiger charge is -1.89. The first-order valence-corrected chi connectivity index (χ1v) is 3.43. The first kappa shape index (κ1) is 6.28. The van der Waals surface area contributed by atoms with E-state index >= 15 is 0 Å². The minimum absolute atomic E-state index is 0.0637. The van der Waals surface area contributed by atoms with E-state index in [0.29, 0.717) is 0 Å². The Kier molecular flexibility index (Phi) is 1.15. The van der Waals surface area contributed by atoms with Crippen LogP contribution in [0.3, 0.4) is 0 Å². The molecule has 0 saturated carbocycles. The molecule has 54 valence electrons. The Bertz CT molecular complexity index is 443. The van der Waals surface area contributed by atoms with Crippen LogP contribution >= 0.6 is 0 Å². The number of aromatic amines is 1. The normalized spacial score (nSPS) is 10.5. The number of aromatic nitrogens is 2. The van der Waals surface area contributed by atoms with Crippen molar-refractivity contribution in [2.75, 3.05) is 0 Å². The number of H-pyrrole nitrogens is 1. The Morgan fingerprint density at radius 3 is 2.82 bits per heavy atom. The van der Waals surface area contributed by atoms with E-state index in [1.54, 1.807) is 12.5 Å². The van der Waals surface area contributed by atoms with E-state index in [4.69, 9.17) is 0 Å². The lowest BCUT2D eigenvalue weighted by Crippen LogP contribution is -2.13. The second kappa shape index (κ2) is 2.02. The average molecular weight is 146 g/mol. The number of para-hydroxylation sites is 2. The Morgan fingerprint density at radius 1 is 1.36 bits per heavy atom. The molecule has 0 aliphatic rings. The number of nitrogens with zero attached hydrogens (tertiary/aromatic N) is 1. The molecule has 0 spiro atoms. The first-order valence-electron chi connectivity index (χ1n) is 3.43. The highest BCUT2D eigenvalue weighted by atomic mass is 16.1. The Hall–Kier alpha value is -1.45. The molecule has 1 aromatic carbocycles. The highest BCUT2D eigenvalue weighted by Crippen LogP contribution is 2.05. The van der Waals surface area contributed by atoms with Crippen molar-refractivity contribution in [1.82, 2.24) is 9.46 Å². The monoisotopic (exact) mass is 146 g/mol. The topological polar surface area (TPSA) is 37.8 Å². The highest BCUT2D eigenvalue weighted by Gasteiger charge is 1.98. The van der Waals surface area contributed by atoms with Gasteiger partial charge in [-0.3, -0.25) is 0 Å². The van der Waals surface area contributed by atoms with Crippen molar-refractivity contribution in [3.63, 3.8) is 0 Å². The molecule has 0 bridgehead atoms. The number of fused-ring (bicyclic) bond motifs is 1. The maximum atomic E-state index is 11.0. The fourth-order valence-electron chi connectivity index (χ4n) is 1.18. The van der Waals surface area contributed by atoms with Crippen LogP contribution in [0.1, 0.15) is 0 Å². The summed E-state index contributed by atoms with van der Waals surface area (Å²) < 4.78 is 1.59. The molecule has 2 rings (SSSR count). The van der Waals surface area contributed by atoms with Crippen molar-refractivity contribution in [3.05, 3.63) is 34.7 Å². The van der Waals surface area contributed by atoms with Gasteiger partial charge in [-0.25, -0.2) is 4.79 Å². The first-order chi connectivity index (χ1) is 5.29. The van der Waals surface area contributed by atoms with Gasteiger partial charge in [0.05, 0.1) is 11.0 Å². The van der Waals surface area contributed by atoms with Crippen molar-refractivity contribution in [2.24, 2.45) is 0 Å². The third kappa shape index (κ3) is 0.791. The molecular weight excluding hydrogens is 139 g/mol. The second-order valence-corrected chi connectivity index (χ2v) is 2.51. The van der Waals surface area contributed by atoms with E-state index in [1.807, 2.05) is 24.3 Å². The summed E-state index contributed by atoms with van der Waals surface area (Å²) in [6, 6.07) is 7.61. The molecule has 1 N–H and O–H groups in total. The average Bonchev–Trinajstić information content (AvgIpc) is 2.30. The minimum Gasteiger partial charge on any atom is -0.345 e. The van der Waals surface area contributed by atoms with E-state index in [-0.39, 0.29) is 5.69 Å². The van der Waals surface area contributed by atoms with Crippen LogP contribution in [-0.4, -0.2) is 17.4 Å². The molecule has 0 amide bonds. The van der Waals surface area contributed by atoms with Crippen molar-refractivity contribution >= 4 is 19.0 Å². The summed E-state index contributed by atoms with van der Waals surface area (Å²) in [5, 5.41) is 0. The van der Waals surface area contributed by atoms with Gasteiger partial charge in [-0.15, -0.1) is 0 Å². The van der Waals surface area contributed by atoms with Crippen molar-refractivity contribution < 1.29 is 0 Å². The van der Waals surface area contributed by atoms with E-state index < -0.39 is 0 Å². The number of imidazole rings is 1. The summed E-state index contributed by atoms with van der Waals surface area (Å²) in [5.74, 6) is 0. The molecule has 11 heavy (non-hydrogen) atoms. The summed E-state index contributed by atoms with van der Waals surface area (Å²) in [6.45, 7) is 0. The van der Waals surface area contributed by atoms with Crippen LogP contribution in [0.15, 0.2) is 29.1 Å². The summed E-state index contributed by atoms with van der Waals surface area (Å²) in [5.41, 5.74) is 1.77. The fourth-order valence-corrected chi connectivity index (χ4v) is 1.18. The predicted octanol–water partition coefficient (Wildman–Crippen LogP) is -0.274.